The van der Waals surface area contributed by atoms with E-state index in [1.54, 1.807) is 0 Å². The molecule has 0 bridgehead atoms. The molecule has 2 N–H and O–H groups in total. The molecule has 8 heteroatoms. The number of hydrogen-bond acceptors (Lipinski definition) is 3. The first-order valence-corrected chi connectivity index (χ1v) is 7.22. The van der Waals surface area contributed by atoms with E-state index in [2.05, 4.69) is 10.6 Å². The minimum atomic E-state index is -4.35. The van der Waals surface area contributed by atoms with Gasteiger partial charge in [-0.2, -0.15) is 13.2 Å². The van der Waals surface area contributed by atoms with Gasteiger partial charge in [-0.05, 0) is 49.6 Å². The van der Waals surface area contributed by atoms with Gasteiger partial charge in [0.15, 0.2) is 0 Å². The van der Waals surface area contributed by atoms with Gasteiger partial charge in [-0.25, -0.2) is 0 Å². The van der Waals surface area contributed by atoms with E-state index in [0.29, 0.717) is 12.3 Å². The average molecular weight is 353 g/mol. The van der Waals surface area contributed by atoms with E-state index >= 15 is 0 Å². The minimum Gasteiger partial charge on any atom is -0.492 e. The number of alkyl halides is 3. The SMILES string of the molecule is Cl.O=C(CNCC1CC1)NCCOc1ccc(C(F)(F)F)cc1. The van der Waals surface area contributed by atoms with Crippen LogP contribution in [0.3, 0.4) is 0 Å². The number of carbonyl (C=O) groups excluding carboxylic acids is 1. The molecule has 0 saturated heterocycles. The summed E-state index contributed by atoms with van der Waals surface area (Å²) in [6.07, 6.45) is -1.88. The molecule has 1 aromatic rings. The number of rotatable bonds is 8. The van der Waals surface area contributed by atoms with Crippen LogP contribution in [0, 0.1) is 5.92 Å². The molecule has 1 fully saturated rings. The molecule has 0 spiro atoms. The zero-order chi connectivity index (χ0) is 16.0. The fourth-order valence-corrected chi connectivity index (χ4v) is 1.87. The molecule has 0 aromatic heterocycles. The van der Waals surface area contributed by atoms with Crippen LogP contribution >= 0.6 is 12.4 Å². The van der Waals surface area contributed by atoms with Gasteiger partial charge in [-0.3, -0.25) is 4.79 Å². The molecule has 1 amide bonds. The fourth-order valence-electron chi connectivity index (χ4n) is 1.87. The normalized spacial score (nSPS) is 14.0. The molecule has 1 saturated carbocycles. The summed E-state index contributed by atoms with van der Waals surface area (Å²) >= 11 is 0. The lowest BCUT2D eigenvalue weighted by Gasteiger charge is -2.10. The number of hydrogen-bond donors (Lipinski definition) is 2. The quantitative estimate of drug-likeness (QED) is 0.707. The van der Waals surface area contributed by atoms with E-state index in [-0.39, 0.29) is 31.5 Å². The smallest absolute Gasteiger partial charge is 0.416 e. The maximum Gasteiger partial charge on any atom is 0.416 e. The summed E-state index contributed by atoms with van der Waals surface area (Å²) in [5.41, 5.74) is -0.713. The van der Waals surface area contributed by atoms with E-state index in [1.807, 2.05) is 0 Å². The molecule has 1 aliphatic rings. The third kappa shape index (κ3) is 7.56. The Morgan fingerprint density at radius 1 is 1.22 bits per heavy atom. The summed E-state index contributed by atoms with van der Waals surface area (Å²) in [7, 11) is 0. The molecule has 0 aliphatic heterocycles. The first-order chi connectivity index (χ1) is 10.4. The highest BCUT2D eigenvalue weighted by molar-refractivity contribution is 5.85. The first kappa shape index (κ1) is 19.6. The van der Waals surface area contributed by atoms with Crippen LogP contribution in [-0.2, 0) is 11.0 Å². The Morgan fingerprint density at radius 2 is 1.87 bits per heavy atom. The van der Waals surface area contributed by atoms with Crippen molar-refractivity contribution in [2.45, 2.75) is 19.0 Å². The van der Waals surface area contributed by atoms with Gasteiger partial charge in [-0.1, -0.05) is 0 Å². The second-order valence-corrected chi connectivity index (χ2v) is 5.29. The summed E-state index contributed by atoms with van der Waals surface area (Å²) in [5, 5.41) is 5.74. The summed E-state index contributed by atoms with van der Waals surface area (Å²) in [5.74, 6) is 0.946. The Bertz CT molecular complexity index is 490. The lowest BCUT2D eigenvalue weighted by Crippen LogP contribution is -2.36. The van der Waals surface area contributed by atoms with Gasteiger partial charge in [0.1, 0.15) is 12.4 Å². The van der Waals surface area contributed by atoms with Crippen molar-refractivity contribution < 1.29 is 22.7 Å². The summed E-state index contributed by atoms with van der Waals surface area (Å²) in [6, 6.07) is 4.47. The Morgan fingerprint density at radius 3 is 2.43 bits per heavy atom. The lowest BCUT2D eigenvalue weighted by molar-refractivity contribution is -0.137. The molecule has 0 heterocycles. The third-order valence-electron chi connectivity index (χ3n) is 3.29. The van der Waals surface area contributed by atoms with Gasteiger partial charge < -0.3 is 15.4 Å². The summed E-state index contributed by atoms with van der Waals surface area (Å²) in [4.78, 5) is 11.5. The number of ether oxygens (including phenoxy) is 1. The molecule has 23 heavy (non-hydrogen) atoms. The lowest BCUT2D eigenvalue weighted by atomic mass is 10.2. The Labute approximate surface area is 139 Å². The van der Waals surface area contributed by atoms with Crippen molar-refractivity contribution in [2.75, 3.05) is 26.2 Å². The van der Waals surface area contributed by atoms with E-state index in [4.69, 9.17) is 4.74 Å². The Balaban J connectivity index is 0.00000264. The molecule has 2 rings (SSSR count). The largest absolute Gasteiger partial charge is 0.492 e. The van der Waals surface area contributed by atoms with E-state index < -0.39 is 11.7 Å². The standard InChI is InChI=1S/C15H19F3N2O2.ClH/c16-15(17,18)12-3-5-13(6-4-12)22-8-7-20-14(21)10-19-9-11-1-2-11;/h3-6,11,19H,1-2,7-10H2,(H,20,21);1H. The fraction of sp³-hybridized carbons (Fsp3) is 0.533. The van der Waals surface area contributed by atoms with Crippen molar-refractivity contribution >= 4 is 18.3 Å². The second-order valence-electron chi connectivity index (χ2n) is 5.29. The molecule has 0 unspecified atom stereocenters. The topological polar surface area (TPSA) is 50.4 Å². The molecule has 0 atom stereocenters. The second kappa shape index (κ2) is 8.98. The maximum absolute atomic E-state index is 12.4. The molecule has 4 nitrogen and oxygen atoms in total. The van der Waals surface area contributed by atoms with E-state index in [1.165, 1.54) is 25.0 Å². The van der Waals surface area contributed by atoms with Gasteiger partial charge >= 0.3 is 6.18 Å². The maximum atomic E-state index is 12.4. The number of nitrogens with one attached hydrogen (secondary N) is 2. The predicted molar refractivity (Wildman–Crippen MR) is 82.8 cm³/mol. The van der Waals surface area contributed by atoms with Crippen LogP contribution in [0.15, 0.2) is 24.3 Å². The van der Waals surface area contributed by atoms with Gasteiger partial charge in [-0.15, -0.1) is 12.4 Å². The number of benzene rings is 1. The average Bonchev–Trinajstić information content (AvgIpc) is 3.27. The Hall–Kier alpha value is -1.47. The third-order valence-corrected chi connectivity index (χ3v) is 3.29. The van der Waals surface area contributed by atoms with Crippen LogP contribution in [0.4, 0.5) is 13.2 Å². The highest BCUT2D eigenvalue weighted by Crippen LogP contribution is 2.30. The van der Waals surface area contributed by atoms with Crippen molar-refractivity contribution in [2.24, 2.45) is 5.92 Å². The van der Waals surface area contributed by atoms with Crippen LogP contribution < -0.4 is 15.4 Å². The molecule has 1 aliphatic carbocycles. The number of amides is 1. The van der Waals surface area contributed by atoms with Crippen LogP contribution in [0.25, 0.3) is 0 Å². The molecular formula is C15H20ClF3N2O2. The predicted octanol–water partition coefficient (Wildman–Crippen LogP) is 2.62. The number of halogens is 4. The minimum absolute atomic E-state index is 0. The van der Waals surface area contributed by atoms with Crippen molar-refractivity contribution in [3.63, 3.8) is 0 Å². The van der Waals surface area contributed by atoms with Gasteiger partial charge in [0.25, 0.3) is 0 Å². The van der Waals surface area contributed by atoms with Gasteiger partial charge in [0.05, 0.1) is 18.7 Å². The van der Waals surface area contributed by atoms with Gasteiger partial charge in [0, 0.05) is 0 Å². The van der Waals surface area contributed by atoms with Crippen molar-refractivity contribution in [1.29, 1.82) is 0 Å². The van der Waals surface area contributed by atoms with Crippen molar-refractivity contribution in [3.8, 4) is 5.75 Å². The number of carbonyl (C=O) groups is 1. The highest BCUT2D eigenvalue weighted by atomic mass is 35.5. The van der Waals surface area contributed by atoms with Crippen LogP contribution in [0.2, 0.25) is 0 Å². The molecule has 130 valence electrons. The van der Waals surface area contributed by atoms with E-state index in [9.17, 15) is 18.0 Å². The van der Waals surface area contributed by atoms with Crippen molar-refractivity contribution in [1.82, 2.24) is 10.6 Å². The summed E-state index contributed by atoms with van der Waals surface area (Å²) < 4.78 is 42.4. The molecular weight excluding hydrogens is 333 g/mol. The Kier molecular flexibility index (Phi) is 7.64. The van der Waals surface area contributed by atoms with Crippen LogP contribution in [0.5, 0.6) is 5.75 Å². The van der Waals surface area contributed by atoms with Gasteiger partial charge in [0.2, 0.25) is 5.91 Å². The van der Waals surface area contributed by atoms with Crippen molar-refractivity contribution in [3.05, 3.63) is 29.8 Å². The zero-order valence-electron chi connectivity index (χ0n) is 12.5. The van der Waals surface area contributed by atoms with E-state index in [0.717, 1.165) is 24.6 Å². The molecule has 0 radical (unpaired) electrons. The van der Waals surface area contributed by atoms with Crippen LogP contribution in [0.1, 0.15) is 18.4 Å². The highest BCUT2D eigenvalue weighted by Gasteiger charge is 2.30. The van der Waals surface area contributed by atoms with Crippen LogP contribution in [-0.4, -0.2) is 32.1 Å². The zero-order valence-corrected chi connectivity index (χ0v) is 13.3. The monoisotopic (exact) mass is 352 g/mol. The first-order valence-electron chi connectivity index (χ1n) is 7.22. The molecule has 1 aromatic carbocycles. The summed E-state index contributed by atoms with van der Waals surface area (Å²) in [6.45, 7) is 1.66.